The van der Waals surface area contributed by atoms with Gasteiger partial charge in [-0.15, -0.1) is 0 Å². The van der Waals surface area contributed by atoms with Crippen molar-refractivity contribution in [3.8, 4) is 0 Å². The molecule has 0 amide bonds. The highest BCUT2D eigenvalue weighted by molar-refractivity contribution is 8.44. The van der Waals surface area contributed by atoms with Crippen molar-refractivity contribution in [2.75, 3.05) is 38.3 Å². The molecule has 10 atom stereocenters. The van der Waals surface area contributed by atoms with Crippen molar-refractivity contribution in [2.45, 2.75) is 62.7 Å². The molecule has 21 nitrogen and oxygen atoms in total. The Balaban J connectivity index is 1.19. The number of carbonyl (C=O) groups excluding carboxylic acids is 1. The summed E-state index contributed by atoms with van der Waals surface area (Å²) in [6.45, 7) is -6.81. The van der Waals surface area contributed by atoms with Gasteiger partial charge in [0.2, 0.25) is 0 Å². The maximum absolute atomic E-state index is 13.8. The van der Waals surface area contributed by atoms with Crippen molar-refractivity contribution in [3.05, 3.63) is 25.3 Å². The van der Waals surface area contributed by atoms with Crippen LogP contribution >= 0.6 is 25.8 Å². The zero-order valence-electron chi connectivity index (χ0n) is 27.1. The summed E-state index contributed by atoms with van der Waals surface area (Å²) in [4.78, 5) is 49.7. The first-order valence-corrected chi connectivity index (χ1v) is 21.0. The first-order chi connectivity index (χ1) is 24.4. The number of aromatic nitrogens is 8. The van der Waals surface area contributed by atoms with Crippen molar-refractivity contribution in [1.29, 1.82) is 0 Å². The van der Waals surface area contributed by atoms with Gasteiger partial charge in [0.1, 0.15) is 54.3 Å². The minimum absolute atomic E-state index is 0.0474. The molecular weight excluding hydrogens is 752 g/mol. The van der Waals surface area contributed by atoms with E-state index in [0.717, 1.165) is 0 Å². The summed E-state index contributed by atoms with van der Waals surface area (Å²) in [6.07, 6.45) is -1.64. The fourth-order valence-electron chi connectivity index (χ4n) is 6.25. The number of ether oxygens (including phenoxy) is 3. The Morgan fingerprint density at radius 2 is 1.57 bits per heavy atom. The van der Waals surface area contributed by atoms with Crippen LogP contribution in [0.25, 0.3) is 22.3 Å². The summed E-state index contributed by atoms with van der Waals surface area (Å²) < 4.78 is 59.2. The fourth-order valence-corrected chi connectivity index (χ4v) is 9.25. The van der Waals surface area contributed by atoms with E-state index in [-0.39, 0.29) is 35.8 Å². The SMILES string of the molecule is CNCCCC(=O)O[C@@H]1[C@@H]2OP(O)(=S)OC[C@H]3O[C@@H](n4cnc5c(N)ncnc54)[C@H](C)[C@@H]3OP(=O)(S)OC[C@H]2O[C@H]1n1cnc2c(N)ncnc21. The van der Waals surface area contributed by atoms with Crippen LogP contribution in [0.15, 0.2) is 25.3 Å². The lowest BCUT2D eigenvalue weighted by atomic mass is 10.0. The van der Waals surface area contributed by atoms with Crippen LogP contribution in [0.4, 0.5) is 11.6 Å². The molecule has 3 fully saturated rings. The van der Waals surface area contributed by atoms with E-state index in [1.54, 1.807) is 18.5 Å². The summed E-state index contributed by atoms with van der Waals surface area (Å²) in [5, 5.41) is 2.97. The van der Waals surface area contributed by atoms with Gasteiger partial charge >= 0.3 is 19.5 Å². The van der Waals surface area contributed by atoms with Gasteiger partial charge in [-0.25, -0.2) is 34.5 Å². The van der Waals surface area contributed by atoms with E-state index in [0.29, 0.717) is 24.1 Å². The van der Waals surface area contributed by atoms with E-state index in [9.17, 15) is 14.3 Å². The van der Waals surface area contributed by atoms with Crippen LogP contribution in [0, 0.1) is 5.92 Å². The van der Waals surface area contributed by atoms with E-state index in [1.807, 2.05) is 0 Å². The third-order valence-corrected chi connectivity index (χ3v) is 11.8. The Morgan fingerprint density at radius 3 is 2.22 bits per heavy atom. The lowest BCUT2D eigenvalue weighted by Gasteiger charge is -2.30. The predicted octanol–water partition coefficient (Wildman–Crippen LogP) is 1.24. The zero-order chi connectivity index (χ0) is 36.1. The molecule has 4 aromatic heterocycles. The molecule has 0 radical (unpaired) electrons. The quantitative estimate of drug-likeness (QED) is 0.0763. The average molecular weight is 788 g/mol. The molecular formula is C26H35N11O10P2S2. The molecule has 7 rings (SSSR count). The topological polar surface area (TPSA) is 270 Å². The number of nitrogens with zero attached hydrogens (tertiary/aromatic N) is 8. The molecule has 2 unspecified atom stereocenters. The Bertz CT molecular complexity index is 2020. The van der Waals surface area contributed by atoms with Gasteiger partial charge in [0.25, 0.3) is 0 Å². The highest BCUT2D eigenvalue weighted by Gasteiger charge is 2.54. The second-order valence-electron chi connectivity index (χ2n) is 12.0. The van der Waals surface area contributed by atoms with Crippen LogP contribution in [0.5, 0.6) is 0 Å². The lowest BCUT2D eigenvalue weighted by molar-refractivity contribution is -0.158. The van der Waals surface area contributed by atoms with Crippen LogP contribution in [0.2, 0.25) is 0 Å². The van der Waals surface area contributed by atoms with E-state index >= 15 is 0 Å². The summed E-state index contributed by atoms with van der Waals surface area (Å²) in [5.74, 6) is -0.821. The molecule has 6 N–H and O–H groups in total. The number of nitrogen functional groups attached to an aromatic ring is 2. The number of anilines is 2. The summed E-state index contributed by atoms with van der Waals surface area (Å²) in [5.41, 5.74) is 13.3. The number of nitrogens with two attached hydrogens (primary N) is 2. The van der Waals surface area contributed by atoms with Gasteiger partial charge in [-0.3, -0.25) is 27.5 Å². The molecule has 0 aromatic carbocycles. The molecule has 0 bridgehead atoms. The van der Waals surface area contributed by atoms with Gasteiger partial charge in [0.15, 0.2) is 35.3 Å². The normalized spacial score (nSPS) is 34.5. The number of hydrogen-bond donors (Lipinski definition) is 5. The van der Waals surface area contributed by atoms with E-state index < -0.39 is 75.0 Å². The Hall–Kier alpha value is -2.92. The van der Waals surface area contributed by atoms with Crippen molar-refractivity contribution >= 4 is 77.5 Å². The number of esters is 1. The molecule has 3 saturated heterocycles. The summed E-state index contributed by atoms with van der Waals surface area (Å²) >= 11 is 9.74. The molecule has 4 aromatic rings. The zero-order valence-corrected chi connectivity index (χ0v) is 30.6. The number of rotatable bonds is 7. The molecule has 3 aliphatic heterocycles. The Kier molecular flexibility index (Phi) is 10.3. The molecule has 25 heteroatoms. The summed E-state index contributed by atoms with van der Waals surface area (Å²) in [7, 11) is 1.76. The predicted molar refractivity (Wildman–Crippen MR) is 184 cm³/mol. The van der Waals surface area contributed by atoms with Gasteiger partial charge in [0, 0.05) is 12.3 Å². The van der Waals surface area contributed by atoms with Gasteiger partial charge in [-0.2, -0.15) is 0 Å². The van der Waals surface area contributed by atoms with Crippen LogP contribution in [-0.2, 0) is 53.5 Å². The van der Waals surface area contributed by atoms with Crippen molar-refractivity contribution < 1.29 is 46.6 Å². The van der Waals surface area contributed by atoms with Crippen LogP contribution < -0.4 is 16.8 Å². The maximum Gasteiger partial charge on any atom is 0.386 e. The van der Waals surface area contributed by atoms with Crippen LogP contribution in [-0.4, -0.2) is 107 Å². The highest BCUT2D eigenvalue weighted by atomic mass is 32.7. The number of nitrogens with one attached hydrogen (secondary N) is 1. The van der Waals surface area contributed by atoms with Gasteiger partial charge < -0.3 is 40.4 Å². The van der Waals surface area contributed by atoms with E-state index in [4.69, 9.17) is 55.6 Å². The lowest BCUT2D eigenvalue weighted by Crippen LogP contribution is -2.40. The first-order valence-electron chi connectivity index (χ1n) is 15.7. The second kappa shape index (κ2) is 14.5. The second-order valence-corrected chi connectivity index (χ2v) is 17.7. The molecule has 7 heterocycles. The molecule has 276 valence electrons. The van der Waals surface area contributed by atoms with Crippen molar-refractivity contribution in [3.63, 3.8) is 0 Å². The number of fused-ring (bicyclic) bond motifs is 4. The molecule has 3 aliphatic rings. The largest absolute Gasteiger partial charge is 0.455 e. The summed E-state index contributed by atoms with van der Waals surface area (Å²) in [6, 6.07) is 0. The van der Waals surface area contributed by atoms with E-state index in [2.05, 4.69) is 47.5 Å². The smallest absolute Gasteiger partial charge is 0.386 e. The van der Waals surface area contributed by atoms with E-state index in [1.165, 1.54) is 29.9 Å². The third-order valence-electron chi connectivity index (χ3n) is 8.65. The van der Waals surface area contributed by atoms with Crippen LogP contribution in [0.3, 0.4) is 0 Å². The highest BCUT2D eigenvalue weighted by Crippen LogP contribution is 2.59. The first kappa shape index (κ1) is 36.4. The Labute approximate surface area is 300 Å². The monoisotopic (exact) mass is 787 g/mol. The Morgan fingerprint density at radius 1 is 0.980 bits per heavy atom. The number of imidazole rings is 2. The van der Waals surface area contributed by atoms with Gasteiger partial charge in [-0.1, -0.05) is 19.2 Å². The number of thiol groups is 1. The van der Waals surface area contributed by atoms with Gasteiger partial charge in [-0.05, 0) is 31.8 Å². The average Bonchev–Trinajstić information content (AvgIpc) is 3.85. The van der Waals surface area contributed by atoms with Crippen LogP contribution in [0.1, 0.15) is 32.2 Å². The minimum atomic E-state index is -4.18. The third kappa shape index (κ3) is 7.35. The molecule has 0 spiro atoms. The van der Waals surface area contributed by atoms with Gasteiger partial charge in [0.05, 0.1) is 25.9 Å². The minimum Gasteiger partial charge on any atom is -0.455 e. The van der Waals surface area contributed by atoms with Crippen molar-refractivity contribution in [1.82, 2.24) is 44.4 Å². The number of hydrogen-bond acceptors (Lipinski definition) is 19. The molecule has 51 heavy (non-hydrogen) atoms. The molecule has 0 saturated carbocycles. The fraction of sp³-hybridized carbons (Fsp3) is 0.577. The molecule has 0 aliphatic carbocycles. The van der Waals surface area contributed by atoms with Crippen molar-refractivity contribution in [2.24, 2.45) is 5.92 Å². The standard InChI is InChI=1S/C26H35N11O10P2S2/c1-12-18-13(43-25(12)36-10-34-16-21(27)30-8-32-23(16)36)6-41-49(40,51)47-19-14(7-42-48(39,50)46-18)44-26(20(19)45-15(38)4-3-5-29-2)37-11-35-17-22(28)31-9-33-24(17)37/h8-14,18-20,25-26,29H,3-7H2,1-2H3,(H,39,50)(H,40,51)(H2,27,30,32)(H2,28,31,33)/t12-,13-,14-,18+,19-,20-,25-,26-,48?,49?/m1/s1. The number of carbonyl (C=O) groups is 1. The maximum atomic E-state index is 13.8.